The molecule has 0 heterocycles. The third-order valence-corrected chi connectivity index (χ3v) is 4.17. The van der Waals surface area contributed by atoms with E-state index in [2.05, 4.69) is 15.8 Å². The molecule has 7 nitrogen and oxygen atoms in total. The van der Waals surface area contributed by atoms with Crippen LogP contribution in [0.2, 0.25) is 0 Å². The number of hydrazone groups is 1. The molecule has 0 aliphatic carbocycles. The molecule has 1 unspecified atom stereocenters. The average Bonchev–Trinajstić information content (AvgIpc) is 2.71. The highest BCUT2D eigenvalue weighted by Gasteiger charge is 2.25. The van der Waals surface area contributed by atoms with Crippen molar-refractivity contribution < 1.29 is 23.5 Å². The molecular weight excluding hydrogens is 377 g/mol. The van der Waals surface area contributed by atoms with E-state index in [1.54, 1.807) is 45.2 Å². The van der Waals surface area contributed by atoms with Gasteiger partial charge in [-0.1, -0.05) is 26.0 Å². The molecule has 0 saturated heterocycles. The summed E-state index contributed by atoms with van der Waals surface area (Å²) in [6.45, 7) is 3.53. The van der Waals surface area contributed by atoms with E-state index in [-0.39, 0.29) is 11.5 Å². The molecule has 2 N–H and O–H groups in total. The quantitative estimate of drug-likeness (QED) is 0.526. The Morgan fingerprint density at radius 1 is 1.10 bits per heavy atom. The van der Waals surface area contributed by atoms with Gasteiger partial charge in [0.2, 0.25) is 0 Å². The number of amides is 2. The van der Waals surface area contributed by atoms with Crippen molar-refractivity contribution in [3.8, 4) is 11.5 Å². The van der Waals surface area contributed by atoms with Gasteiger partial charge >= 0.3 is 0 Å². The molecule has 0 bridgehead atoms. The van der Waals surface area contributed by atoms with Crippen LogP contribution >= 0.6 is 0 Å². The van der Waals surface area contributed by atoms with Gasteiger partial charge in [-0.25, -0.2) is 9.82 Å². The van der Waals surface area contributed by atoms with E-state index in [0.717, 1.165) is 0 Å². The Hall–Kier alpha value is -3.42. The maximum Gasteiger partial charge on any atom is 0.262 e. The lowest BCUT2D eigenvalue weighted by Gasteiger charge is -2.20. The number of methoxy groups -OCH3 is 2. The number of benzene rings is 2. The maximum atomic E-state index is 13.8. The van der Waals surface area contributed by atoms with Crippen molar-refractivity contribution in [2.24, 2.45) is 11.0 Å². The molecule has 29 heavy (non-hydrogen) atoms. The molecule has 0 saturated carbocycles. The second-order valence-corrected chi connectivity index (χ2v) is 6.52. The summed E-state index contributed by atoms with van der Waals surface area (Å²) in [5.41, 5.74) is 2.90. The number of halogens is 1. The zero-order valence-corrected chi connectivity index (χ0v) is 16.7. The van der Waals surface area contributed by atoms with Crippen molar-refractivity contribution in [1.82, 2.24) is 10.7 Å². The average molecular weight is 401 g/mol. The van der Waals surface area contributed by atoms with Gasteiger partial charge in [0.15, 0.2) is 0 Å². The second kappa shape index (κ2) is 10.2. The van der Waals surface area contributed by atoms with Crippen LogP contribution in [0.5, 0.6) is 11.5 Å². The second-order valence-electron chi connectivity index (χ2n) is 6.52. The molecule has 2 aromatic carbocycles. The van der Waals surface area contributed by atoms with E-state index < -0.39 is 23.7 Å². The lowest BCUT2D eigenvalue weighted by atomic mass is 10.0. The van der Waals surface area contributed by atoms with Crippen LogP contribution in [0.1, 0.15) is 29.8 Å². The first-order chi connectivity index (χ1) is 13.9. The van der Waals surface area contributed by atoms with Crippen LogP contribution in [-0.2, 0) is 4.79 Å². The van der Waals surface area contributed by atoms with Crippen LogP contribution in [0.3, 0.4) is 0 Å². The summed E-state index contributed by atoms with van der Waals surface area (Å²) in [4.78, 5) is 24.8. The fraction of sp³-hybridized carbons (Fsp3) is 0.286. The molecule has 0 fully saturated rings. The van der Waals surface area contributed by atoms with Gasteiger partial charge in [0.05, 0.1) is 26.0 Å². The van der Waals surface area contributed by atoms with Crippen LogP contribution in [0.4, 0.5) is 4.39 Å². The number of hydrogen-bond acceptors (Lipinski definition) is 5. The van der Waals surface area contributed by atoms with Gasteiger partial charge in [-0.3, -0.25) is 9.59 Å². The fourth-order valence-corrected chi connectivity index (χ4v) is 2.56. The summed E-state index contributed by atoms with van der Waals surface area (Å²) >= 11 is 0. The summed E-state index contributed by atoms with van der Waals surface area (Å²) in [5, 5.41) is 6.49. The normalized spacial score (nSPS) is 11.9. The SMILES string of the molecule is COc1ccc(/C=N/NC(=O)C(NC(=O)c2ccccc2F)C(C)C)c(OC)c1. The molecule has 8 heteroatoms. The van der Waals surface area contributed by atoms with Gasteiger partial charge in [0, 0.05) is 11.6 Å². The van der Waals surface area contributed by atoms with Gasteiger partial charge in [-0.15, -0.1) is 0 Å². The Bertz CT molecular complexity index is 899. The van der Waals surface area contributed by atoms with Gasteiger partial charge in [0.25, 0.3) is 11.8 Å². The largest absolute Gasteiger partial charge is 0.497 e. The third-order valence-electron chi connectivity index (χ3n) is 4.17. The van der Waals surface area contributed by atoms with Crippen LogP contribution in [0, 0.1) is 11.7 Å². The highest BCUT2D eigenvalue weighted by Crippen LogP contribution is 2.23. The summed E-state index contributed by atoms with van der Waals surface area (Å²) < 4.78 is 24.2. The smallest absolute Gasteiger partial charge is 0.262 e. The van der Waals surface area contributed by atoms with Gasteiger partial charge in [0.1, 0.15) is 23.4 Å². The van der Waals surface area contributed by atoms with Crippen molar-refractivity contribution in [2.75, 3.05) is 14.2 Å². The third kappa shape index (κ3) is 5.78. The predicted octanol–water partition coefficient (Wildman–Crippen LogP) is 2.75. The Kier molecular flexibility index (Phi) is 7.70. The Balaban J connectivity index is 2.07. The van der Waals surface area contributed by atoms with E-state index in [9.17, 15) is 14.0 Å². The number of nitrogens with one attached hydrogen (secondary N) is 2. The van der Waals surface area contributed by atoms with Crippen molar-refractivity contribution in [2.45, 2.75) is 19.9 Å². The number of ether oxygens (including phenoxy) is 2. The zero-order valence-electron chi connectivity index (χ0n) is 16.7. The van der Waals surface area contributed by atoms with E-state index in [4.69, 9.17) is 9.47 Å². The van der Waals surface area contributed by atoms with Crippen LogP contribution in [0.25, 0.3) is 0 Å². The van der Waals surface area contributed by atoms with Crippen LogP contribution < -0.4 is 20.2 Å². The first kappa shape index (κ1) is 21.9. The van der Waals surface area contributed by atoms with E-state index in [1.165, 1.54) is 31.5 Å². The molecule has 0 aliphatic rings. The van der Waals surface area contributed by atoms with E-state index in [1.807, 2.05) is 0 Å². The number of hydrogen-bond donors (Lipinski definition) is 2. The maximum absolute atomic E-state index is 13.8. The Labute approximate surface area is 168 Å². The summed E-state index contributed by atoms with van der Waals surface area (Å²) in [6.07, 6.45) is 1.42. The minimum absolute atomic E-state index is 0.127. The monoisotopic (exact) mass is 401 g/mol. The summed E-state index contributed by atoms with van der Waals surface area (Å²) in [7, 11) is 3.06. The van der Waals surface area contributed by atoms with Gasteiger partial charge in [-0.2, -0.15) is 5.10 Å². The zero-order chi connectivity index (χ0) is 21.4. The molecule has 0 aliphatic heterocycles. The van der Waals surface area contributed by atoms with Gasteiger partial charge in [-0.05, 0) is 30.2 Å². The number of rotatable bonds is 8. The van der Waals surface area contributed by atoms with E-state index in [0.29, 0.717) is 17.1 Å². The molecule has 0 spiro atoms. The molecule has 2 aromatic rings. The standard InChI is InChI=1S/C21H24FN3O4/c1-13(2)19(24-20(26)16-7-5-6-8-17(16)22)21(27)25-23-12-14-9-10-15(28-3)11-18(14)29-4/h5-13,19H,1-4H3,(H,24,26)(H,25,27)/b23-12+. The lowest BCUT2D eigenvalue weighted by molar-refractivity contribution is -0.123. The molecule has 0 radical (unpaired) electrons. The number of nitrogens with zero attached hydrogens (tertiary/aromatic N) is 1. The van der Waals surface area contributed by atoms with Crippen molar-refractivity contribution >= 4 is 18.0 Å². The minimum Gasteiger partial charge on any atom is -0.497 e. The molecule has 154 valence electrons. The van der Waals surface area contributed by atoms with E-state index >= 15 is 0 Å². The van der Waals surface area contributed by atoms with Crippen LogP contribution in [0.15, 0.2) is 47.6 Å². The lowest BCUT2D eigenvalue weighted by Crippen LogP contribution is -2.48. The molecule has 1 atom stereocenters. The molecule has 2 rings (SSSR count). The van der Waals surface area contributed by atoms with Crippen LogP contribution in [-0.4, -0.2) is 38.3 Å². The Morgan fingerprint density at radius 2 is 1.83 bits per heavy atom. The van der Waals surface area contributed by atoms with Crippen molar-refractivity contribution in [3.63, 3.8) is 0 Å². The first-order valence-corrected chi connectivity index (χ1v) is 8.97. The minimum atomic E-state index is -0.892. The number of carbonyl (C=O) groups is 2. The van der Waals surface area contributed by atoms with Crippen molar-refractivity contribution in [3.05, 3.63) is 59.4 Å². The topological polar surface area (TPSA) is 89.0 Å². The van der Waals surface area contributed by atoms with Gasteiger partial charge < -0.3 is 14.8 Å². The predicted molar refractivity (Wildman–Crippen MR) is 108 cm³/mol. The highest BCUT2D eigenvalue weighted by atomic mass is 19.1. The first-order valence-electron chi connectivity index (χ1n) is 8.97. The molecule has 0 aromatic heterocycles. The number of carbonyl (C=O) groups excluding carboxylic acids is 2. The highest BCUT2D eigenvalue weighted by molar-refractivity contribution is 5.98. The molecular formula is C21H24FN3O4. The Morgan fingerprint density at radius 3 is 2.45 bits per heavy atom. The summed E-state index contributed by atoms with van der Waals surface area (Å²) in [5.74, 6) is -0.936. The summed E-state index contributed by atoms with van der Waals surface area (Å²) in [6, 6.07) is 9.84. The fourth-order valence-electron chi connectivity index (χ4n) is 2.56. The molecule has 2 amide bonds. The van der Waals surface area contributed by atoms with Crippen molar-refractivity contribution in [1.29, 1.82) is 0 Å².